The maximum absolute atomic E-state index is 13.5. The zero-order chi connectivity index (χ0) is 23.8. The third kappa shape index (κ3) is 4.06. The van der Waals surface area contributed by atoms with Gasteiger partial charge in [-0.3, -0.25) is 9.69 Å². The van der Waals surface area contributed by atoms with Crippen molar-refractivity contribution < 1.29 is 18.6 Å². The first-order chi connectivity index (χ1) is 16.5. The van der Waals surface area contributed by atoms with E-state index in [1.807, 2.05) is 55.5 Å². The summed E-state index contributed by atoms with van der Waals surface area (Å²) in [6.45, 7) is 3.52. The molecule has 3 aromatic carbocycles. The van der Waals surface area contributed by atoms with Gasteiger partial charge in [-0.25, -0.2) is 0 Å². The van der Waals surface area contributed by atoms with Gasteiger partial charge in [-0.05, 0) is 54.4 Å². The van der Waals surface area contributed by atoms with Crippen molar-refractivity contribution in [2.24, 2.45) is 0 Å². The number of methoxy groups -OCH3 is 2. The van der Waals surface area contributed by atoms with Gasteiger partial charge < -0.3 is 18.6 Å². The van der Waals surface area contributed by atoms with E-state index in [1.165, 1.54) is 0 Å². The number of nitrogens with zero attached hydrogens (tertiary/aromatic N) is 1. The quantitative estimate of drug-likeness (QED) is 0.325. The second kappa shape index (κ2) is 9.16. The van der Waals surface area contributed by atoms with Crippen molar-refractivity contribution in [2.75, 3.05) is 21.0 Å². The second-order valence-electron chi connectivity index (χ2n) is 8.24. The first-order valence-electron chi connectivity index (χ1n) is 10.9. The third-order valence-electron chi connectivity index (χ3n) is 6.07. The molecule has 1 aliphatic rings. The van der Waals surface area contributed by atoms with Gasteiger partial charge in [0, 0.05) is 17.6 Å². The first-order valence-corrected chi connectivity index (χ1v) is 11.7. The first kappa shape index (κ1) is 22.5. The molecule has 6 nitrogen and oxygen atoms in total. The Morgan fingerprint density at radius 1 is 1.00 bits per heavy atom. The lowest BCUT2D eigenvalue weighted by molar-refractivity contribution is 0.0889. The fourth-order valence-electron chi connectivity index (χ4n) is 4.41. The number of aryl methyl sites for hydroxylation is 1. The molecule has 0 fully saturated rings. The summed E-state index contributed by atoms with van der Waals surface area (Å²) in [5, 5.41) is 0.554. The SMILES string of the molecule is COc1ccc(CN2COc3ccc4c(=O)c(-c5ccc(Br)cc5)c(C)oc4c3C2)cc1OC. The van der Waals surface area contributed by atoms with Crippen molar-refractivity contribution in [3.05, 3.63) is 86.2 Å². The number of halogens is 1. The number of hydrogen-bond donors (Lipinski definition) is 0. The summed E-state index contributed by atoms with van der Waals surface area (Å²) in [6.07, 6.45) is 0. The predicted octanol–water partition coefficient (Wildman–Crippen LogP) is 5.90. The Hall–Kier alpha value is -3.29. The molecule has 1 aromatic heterocycles. The molecular weight excluding hydrogens is 498 g/mol. The van der Waals surface area contributed by atoms with Crippen LogP contribution >= 0.6 is 15.9 Å². The summed E-state index contributed by atoms with van der Waals surface area (Å²) in [5.41, 5.74) is 3.91. The Labute approximate surface area is 205 Å². The fraction of sp³-hybridized carbons (Fsp3) is 0.222. The van der Waals surface area contributed by atoms with Crippen LogP contribution in [-0.4, -0.2) is 25.9 Å². The number of ether oxygens (including phenoxy) is 3. The van der Waals surface area contributed by atoms with Crippen LogP contribution < -0.4 is 19.6 Å². The lowest BCUT2D eigenvalue weighted by Crippen LogP contribution is -2.31. The number of fused-ring (bicyclic) bond motifs is 3. The van der Waals surface area contributed by atoms with E-state index in [4.69, 9.17) is 18.6 Å². The second-order valence-corrected chi connectivity index (χ2v) is 9.15. The number of hydrogen-bond acceptors (Lipinski definition) is 6. The summed E-state index contributed by atoms with van der Waals surface area (Å²) in [6, 6.07) is 17.2. The highest BCUT2D eigenvalue weighted by Crippen LogP contribution is 2.35. The molecule has 0 amide bonds. The molecular formula is C27H24BrNO5. The Morgan fingerprint density at radius 3 is 2.50 bits per heavy atom. The van der Waals surface area contributed by atoms with Gasteiger partial charge in [0.05, 0.1) is 30.7 Å². The zero-order valence-corrected chi connectivity index (χ0v) is 20.8. The van der Waals surface area contributed by atoms with E-state index in [1.54, 1.807) is 20.3 Å². The normalized spacial score (nSPS) is 13.4. The highest BCUT2D eigenvalue weighted by Gasteiger charge is 2.24. The van der Waals surface area contributed by atoms with E-state index in [2.05, 4.69) is 20.8 Å². The van der Waals surface area contributed by atoms with Crippen molar-refractivity contribution >= 4 is 26.9 Å². The average molecular weight is 522 g/mol. The van der Waals surface area contributed by atoms with Gasteiger partial charge in [-0.2, -0.15) is 0 Å². The van der Waals surface area contributed by atoms with E-state index < -0.39 is 0 Å². The molecule has 5 rings (SSSR count). The van der Waals surface area contributed by atoms with Crippen LogP contribution in [0, 0.1) is 6.92 Å². The van der Waals surface area contributed by atoms with E-state index in [0.29, 0.717) is 53.6 Å². The van der Waals surface area contributed by atoms with Crippen molar-refractivity contribution in [3.63, 3.8) is 0 Å². The van der Waals surface area contributed by atoms with E-state index in [9.17, 15) is 4.79 Å². The third-order valence-corrected chi connectivity index (χ3v) is 6.60. The summed E-state index contributed by atoms with van der Waals surface area (Å²) < 4.78 is 24.0. The maximum Gasteiger partial charge on any atom is 0.200 e. The van der Waals surface area contributed by atoms with Crippen LogP contribution in [0.5, 0.6) is 17.2 Å². The Morgan fingerprint density at radius 2 is 1.76 bits per heavy atom. The van der Waals surface area contributed by atoms with Gasteiger partial charge >= 0.3 is 0 Å². The van der Waals surface area contributed by atoms with Gasteiger partial charge in [0.15, 0.2) is 11.5 Å². The Bertz CT molecular complexity index is 1430. The number of rotatable bonds is 5. The fourth-order valence-corrected chi connectivity index (χ4v) is 4.67. The van der Waals surface area contributed by atoms with E-state index in [-0.39, 0.29) is 5.43 Å². The van der Waals surface area contributed by atoms with Crippen LogP contribution in [0.4, 0.5) is 0 Å². The minimum absolute atomic E-state index is 0.0408. The van der Waals surface area contributed by atoms with Gasteiger partial charge in [0.25, 0.3) is 0 Å². The van der Waals surface area contributed by atoms with Crippen molar-refractivity contribution in [1.29, 1.82) is 0 Å². The van der Waals surface area contributed by atoms with Gasteiger partial charge in [-0.15, -0.1) is 0 Å². The monoisotopic (exact) mass is 521 g/mol. The molecule has 0 saturated heterocycles. The van der Waals surface area contributed by atoms with Crippen LogP contribution in [0.2, 0.25) is 0 Å². The Kier molecular flexibility index (Phi) is 6.06. The van der Waals surface area contributed by atoms with Gasteiger partial charge in [-0.1, -0.05) is 34.1 Å². The molecule has 7 heteroatoms. The molecule has 0 spiro atoms. The maximum atomic E-state index is 13.5. The van der Waals surface area contributed by atoms with Gasteiger partial charge in [0.2, 0.25) is 5.43 Å². The molecule has 0 radical (unpaired) electrons. The van der Waals surface area contributed by atoms with Crippen molar-refractivity contribution in [3.8, 4) is 28.4 Å². The lowest BCUT2D eigenvalue weighted by atomic mass is 10.0. The molecule has 0 unspecified atom stereocenters. The smallest absolute Gasteiger partial charge is 0.200 e. The topological polar surface area (TPSA) is 61.1 Å². The Balaban J connectivity index is 1.50. The van der Waals surface area contributed by atoms with Gasteiger partial charge in [0.1, 0.15) is 23.8 Å². The minimum Gasteiger partial charge on any atom is -0.493 e. The molecule has 4 aromatic rings. The van der Waals surface area contributed by atoms with Crippen LogP contribution in [0.25, 0.3) is 22.1 Å². The summed E-state index contributed by atoms with van der Waals surface area (Å²) in [7, 11) is 3.25. The highest BCUT2D eigenvalue weighted by molar-refractivity contribution is 9.10. The van der Waals surface area contributed by atoms with Crippen LogP contribution in [0.15, 0.2) is 68.3 Å². The summed E-state index contributed by atoms with van der Waals surface area (Å²) in [5.74, 6) is 2.71. The van der Waals surface area contributed by atoms with Crippen molar-refractivity contribution in [2.45, 2.75) is 20.0 Å². The van der Waals surface area contributed by atoms with Crippen molar-refractivity contribution in [1.82, 2.24) is 4.90 Å². The van der Waals surface area contributed by atoms with Crippen LogP contribution in [0.3, 0.4) is 0 Å². The standard InChI is InChI=1S/C27H24BrNO5/c1-16-25(18-5-7-19(28)8-6-18)26(30)20-9-11-22-21(27(20)34-16)14-29(15-33-22)13-17-4-10-23(31-2)24(12-17)32-3/h4-12H,13-15H2,1-3H3. The molecule has 34 heavy (non-hydrogen) atoms. The largest absolute Gasteiger partial charge is 0.493 e. The molecule has 174 valence electrons. The van der Waals surface area contributed by atoms with Crippen LogP contribution in [-0.2, 0) is 13.1 Å². The molecule has 0 atom stereocenters. The lowest BCUT2D eigenvalue weighted by Gasteiger charge is -2.29. The molecule has 0 saturated carbocycles. The number of benzene rings is 3. The molecule has 0 N–H and O–H groups in total. The van der Waals surface area contributed by atoms with Crippen LogP contribution in [0.1, 0.15) is 16.9 Å². The zero-order valence-electron chi connectivity index (χ0n) is 19.2. The minimum atomic E-state index is -0.0408. The summed E-state index contributed by atoms with van der Waals surface area (Å²) >= 11 is 3.45. The summed E-state index contributed by atoms with van der Waals surface area (Å²) in [4.78, 5) is 15.6. The molecule has 2 heterocycles. The average Bonchev–Trinajstić information content (AvgIpc) is 2.85. The molecule has 0 aliphatic carbocycles. The van der Waals surface area contributed by atoms with E-state index in [0.717, 1.165) is 26.9 Å². The molecule has 0 bridgehead atoms. The van der Waals surface area contributed by atoms with E-state index >= 15 is 0 Å². The molecule has 1 aliphatic heterocycles. The predicted molar refractivity (Wildman–Crippen MR) is 135 cm³/mol. The highest BCUT2D eigenvalue weighted by atomic mass is 79.9.